The van der Waals surface area contributed by atoms with Crippen molar-refractivity contribution >= 4 is 28.4 Å². The second kappa shape index (κ2) is 13.3. The number of hydrogen-bond acceptors (Lipinski definition) is 4. The molecular formula is C34H38N4O3. The molecule has 2 amide bonds. The number of amides is 2. The summed E-state index contributed by atoms with van der Waals surface area (Å²) in [5.41, 5.74) is 5.24. The van der Waals surface area contributed by atoms with Crippen LogP contribution in [0.5, 0.6) is 0 Å². The van der Waals surface area contributed by atoms with Crippen molar-refractivity contribution in [3.8, 4) is 23.0 Å². The largest absolute Gasteiger partial charge is 0.384 e. The Morgan fingerprint density at radius 2 is 1.66 bits per heavy atom. The molecule has 0 unspecified atom stereocenters. The number of aliphatic hydroxyl groups excluding tert-OH is 1. The Hall–Kier alpha value is -4.41. The van der Waals surface area contributed by atoms with Crippen LogP contribution in [0.4, 0.5) is 16.2 Å². The number of pyridine rings is 2. The number of carbonyl (C=O) groups excluding carboxylic acids is 1. The first kappa shape index (κ1) is 29.6. The van der Waals surface area contributed by atoms with Gasteiger partial charge in [0.15, 0.2) is 0 Å². The summed E-state index contributed by atoms with van der Waals surface area (Å²) in [4.78, 5) is 32.4. The maximum Gasteiger partial charge on any atom is 0.323 e. The monoisotopic (exact) mass is 550 g/mol. The summed E-state index contributed by atoms with van der Waals surface area (Å²) in [6, 6.07) is 16.7. The number of anilines is 2. The number of urea groups is 1. The van der Waals surface area contributed by atoms with E-state index in [4.69, 9.17) is 0 Å². The van der Waals surface area contributed by atoms with Gasteiger partial charge in [0.1, 0.15) is 17.9 Å². The molecule has 0 saturated carbocycles. The van der Waals surface area contributed by atoms with Crippen LogP contribution >= 0.6 is 0 Å². The van der Waals surface area contributed by atoms with E-state index in [0.29, 0.717) is 28.9 Å². The van der Waals surface area contributed by atoms with Crippen LogP contribution in [0.3, 0.4) is 0 Å². The number of para-hydroxylation sites is 1. The Balaban J connectivity index is 1.91. The second-order valence-electron chi connectivity index (χ2n) is 10.7. The Morgan fingerprint density at radius 1 is 0.976 bits per heavy atom. The molecule has 2 aromatic heterocycles. The van der Waals surface area contributed by atoms with Crippen LogP contribution in [0.15, 0.2) is 65.6 Å². The Morgan fingerprint density at radius 3 is 2.32 bits per heavy atom. The maximum absolute atomic E-state index is 14.1. The number of rotatable bonds is 8. The van der Waals surface area contributed by atoms with Gasteiger partial charge in [0.2, 0.25) is 0 Å². The Kier molecular flexibility index (Phi) is 9.59. The van der Waals surface area contributed by atoms with Crippen molar-refractivity contribution in [3.63, 3.8) is 0 Å². The predicted molar refractivity (Wildman–Crippen MR) is 168 cm³/mol. The minimum Gasteiger partial charge on any atom is -0.384 e. The van der Waals surface area contributed by atoms with E-state index < -0.39 is 6.03 Å². The molecule has 4 aromatic rings. The zero-order valence-electron chi connectivity index (χ0n) is 24.4. The van der Waals surface area contributed by atoms with Crippen molar-refractivity contribution in [2.24, 2.45) is 0 Å². The van der Waals surface area contributed by atoms with Crippen LogP contribution in [-0.4, -0.2) is 27.3 Å². The third-order valence-electron chi connectivity index (χ3n) is 7.07. The van der Waals surface area contributed by atoms with E-state index in [1.807, 2.05) is 54.6 Å². The molecule has 0 saturated heterocycles. The number of nitrogens with zero attached hydrogens (tertiary/aromatic N) is 2. The van der Waals surface area contributed by atoms with E-state index in [1.54, 1.807) is 10.8 Å². The summed E-state index contributed by atoms with van der Waals surface area (Å²) in [6.45, 7) is 10.7. The lowest BCUT2D eigenvalue weighted by Crippen LogP contribution is -2.30. The summed E-state index contributed by atoms with van der Waals surface area (Å²) < 4.78 is 1.65. The maximum atomic E-state index is 14.1. The molecule has 3 N–H and O–H groups in total. The molecule has 7 heteroatoms. The smallest absolute Gasteiger partial charge is 0.323 e. The van der Waals surface area contributed by atoms with Crippen LogP contribution < -0.4 is 16.2 Å². The molecule has 0 fully saturated rings. The molecule has 0 aliphatic carbocycles. The standard InChI is InChI=1S/C34H38N4O3/c1-6-7-19-38-32-28(17-10-18-35-32)29(25-14-8-12-24(21-25)13-11-20-39)31(33(38)40)37-34(41)36-30-26(22(2)3)15-9-16-27(30)23(4)5/h8-10,12,14-18,21-23,39H,6-7,19-20H2,1-5H3,(H2,36,37,41). The lowest BCUT2D eigenvalue weighted by molar-refractivity contribution is 0.262. The normalized spacial score (nSPS) is 11.0. The third kappa shape index (κ3) is 6.50. The van der Waals surface area contributed by atoms with Crippen LogP contribution in [0, 0.1) is 11.8 Å². The number of benzene rings is 2. The van der Waals surface area contributed by atoms with E-state index >= 15 is 0 Å². The van der Waals surface area contributed by atoms with Gasteiger partial charge in [-0.2, -0.15) is 0 Å². The SMILES string of the molecule is CCCCn1c(=O)c(NC(=O)Nc2c(C(C)C)cccc2C(C)C)c(-c2cccc(C#CCO)c2)c2cccnc21. The lowest BCUT2D eigenvalue weighted by Gasteiger charge is -2.21. The highest BCUT2D eigenvalue weighted by atomic mass is 16.2. The van der Waals surface area contributed by atoms with Gasteiger partial charge in [-0.3, -0.25) is 9.36 Å². The number of aromatic nitrogens is 2. The highest BCUT2D eigenvalue weighted by Crippen LogP contribution is 2.35. The number of aliphatic hydroxyl groups is 1. The van der Waals surface area contributed by atoms with Gasteiger partial charge in [-0.05, 0) is 59.2 Å². The predicted octanol–water partition coefficient (Wildman–Crippen LogP) is 7.10. The average molecular weight is 551 g/mol. The van der Waals surface area contributed by atoms with Crippen molar-refractivity contribution in [2.75, 3.05) is 17.2 Å². The van der Waals surface area contributed by atoms with E-state index in [1.165, 1.54) is 0 Å². The fourth-order valence-corrected chi connectivity index (χ4v) is 5.07. The van der Waals surface area contributed by atoms with Gasteiger partial charge >= 0.3 is 6.03 Å². The Labute approximate surface area is 241 Å². The first-order chi connectivity index (χ1) is 19.8. The fraction of sp³-hybridized carbons (Fsp3) is 0.324. The zero-order chi connectivity index (χ0) is 29.5. The summed E-state index contributed by atoms with van der Waals surface area (Å²) in [5, 5.41) is 16.0. The van der Waals surface area contributed by atoms with Crippen LogP contribution in [0.2, 0.25) is 0 Å². The van der Waals surface area contributed by atoms with Gasteiger partial charge in [0.25, 0.3) is 5.56 Å². The van der Waals surface area contributed by atoms with Crippen LogP contribution in [0.1, 0.15) is 76.0 Å². The van der Waals surface area contributed by atoms with Crippen molar-refractivity contribution in [3.05, 3.63) is 87.8 Å². The molecule has 7 nitrogen and oxygen atoms in total. The van der Waals surface area contributed by atoms with Crippen molar-refractivity contribution in [1.82, 2.24) is 9.55 Å². The number of nitrogens with one attached hydrogen (secondary N) is 2. The minimum absolute atomic E-state index is 0.180. The van der Waals surface area contributed by atoms with Crippen molar-refractivity contribution < 1.29 is 9.90 Å². The molecule has 0 radical (unpaired) electrons. The second-order valence-corrected chi connectivity index (χ2v) is 10.7. The van der Waals surface area contributed by atoms with Crippen LogP contribution in [-0.2, 0) is 6.54 Å². The number of hydrogen-bond donors (Lipinski definition) is 3. The van der Waals surface area contributed by atoms with E-state index in [9.17, 15) is 14.7 Å². The molecular weight excluding hydrogens is 512 g/mol. The number of unbranched alkanes of at least 4 members (excludes halogenated alkanes) is 1. The number of carbonyl (C=O) groups is 1. The molecule has 0 spiro atoms. The van der Waals surface area contributed by atoms with Crippen LogP contribution in [0.25, 0.3) is 22.2 Å². The van der Waals surface area contributed by atoms with Gasteiger partial charge in [-0.15, -0.1) is 0 Å². The van der Waals surface area contributed by atoms with Gasteiger partial charge in [0, 0.05) is 34.9 Å². The number of aryl methyl sites for hydroxylation is 1. The lowest BCUT2D eigenvalue weighted by atomic mass is 9.93. The molecule has 4 rings (SSSR count). The molecule has 2 heterocycles. The quantitative estimate of drug-likeness (QED) is 0.204. The topological polar surface area (TPSA) is 96.2 Å². The average Bonchev–Trinajstić information content (AvgIpc) is 2.96. The summed E-state index contributed by atoms with van der Waals surface area (Å²) >= 11 is 0. The van der Waals surface area contributed by atoms with Gasteiger partial charge in [-0.25, -0.2) is 9.78 Å². The highest BCUT2D eigenvalue weighted by Gasteiger charge is 2.22. The minimum atomic E-state index is -0.486. The van der Waals surface area contributed by atoms with Crippen molar-refractivity contribution in [1.29, 1.82) is 0 Å². The first-order valence-corrected chi connectivity index (χ1v) is 14.2. The summed E-state index contributed by atoms with van der Waals surface area (Å²) in [5.74, 6) is 6.00. The molecule has 212 valence electrons. The molecule has 2 aromatic carbocycles. The van der Waals surface area contributed by atoms with Gasteiger partial charge in [0.05, 0.1) is 0 Å². The summed E-state index contributed by atoms with van der Waals surface area (Å²) in [7, 11) is 0. The van der Waals surface area contributed by atoms with E-state index in [0.717, 1.165) is 35.0 Å². The highest BCUT2D eigenvalue weighted by molar-refractivity contribution is 6.07. The molecule has 0 aliphatic heterocycles. The third-order valence-corrected chi connectivity index (χ3v) is 7.07. The van der Waals surface area contributed by atoms with E-state index in [-0.39, 0.29) is 29.7 Å². The van der Waals surface area contributed by atoms with Gasteiger partial charge < -0.3 is 15.7 Å². The number of fused-ring (bicyclic) bond motifs is 1. The fourth-order valence-electron chi connectivity index (χ4n) is 5.07. The zero-order valence-corrected chi connectivity index (χ0v) is 24.4. The molecule has 0 bridgehead atoms. The first-order valence-electron chi connectivity index (χ1n) is 14.2. The molecule has 0 aliphatic rings. The molecule has 0 atom stereocenters. The Bertz CT molecular complexity index is 1650. The van der Waals surface area contributed by atoms with Crippen molar-refractivity contribution in [2.45, 2.75) is 65.8 Å². The summed E-state index contributed by atoms with van der Waals surface area (Å²) in [6.07, 6.45) is 3.37. The molecule has 41 heavy (non-hydrogen) atoms. The van der Waals surface area contributed by atoms with E-state index in [2.05, 4.69) is 62.1 Å². The van der Waals surface area contributed by atoms with Gasteiger partial charge in [-0.1, -0.05) is 83.2 Å².